The molecule has 11 nitrogen and oxygen atoms in total. The van der Waals surface area contributed by atoms with Gasteiger partial charge < -0.3 is 30.4 Å². The van der Waals surface area contributed by atoms with Gasteiger partial charge in [0.2, 0.25) is 0 Å². The zero-order chi connectivity index (χ0) is 21.1. The molecule has 3 rings (SSSR count). The summed E-state index contributed by atoms with van der Waals surface area (Å²) >= 11 is 0. The van der Waals surface area contributed by atoms with Crippen LogP contribution in [0, 0.1) is 5.41 Å². The highest BCUT2D eigenvalue weighted by molar-refractivity contribution is 5.96. The number of ether oxygens (including phenoxy) is 2. The summed E-state index contributed by atoms with van der Waals surface area (Å²) in [6.07, 6.45) is -1.63. The lowest BCUT2D eigenvalue weighted by atomic mass is 10.2. The Morgan fingerprint density at radius 1 is 1.31 bits per heavy atom. The van der Waals surface area contributed by atoms with Gasteiger partial charge in [-0.05, 0) is 24.3 Å². The molecule has 0 bridgehead atoms. The second-order valence-corrected chi connectivity index (χ2v) is 6.30. The lowest BCUT2D eigenvalue weighted by Gasteiger charge is -2.13. The summed E-state index contributed by atoms with van der Waals surface area (Å²) in [5, 5.41) is 25.4. The first-order chi connectivity index (χ1) is 13.7. The van der Waals surface area contributed by atoms with E-state index in [2.05, 4.69) is 4.98 Å². The molecule has 1 aromatic carbocycles. The first-order valence-electron chi connectivity index (χ1n) is 8.47. The molecule has 1 saturated heterocycles. The number of hydrogen-bond acceptors (Lipinski definition) is 6. The third-order valence-electron chi connectivity index (χ3n) is 4.18. The standard InChI is InChI=1S/C18H18N4O7/c19-16(20)9-1-3-11(4-2-9)22-7-12(29-18(22)27)8-28-13-5-10(6-14(23)24)21-15(13)17(25)26/h1-5,12,21H,6-8H2,(H3,19,20)(H,23,24)(H,25,26). The number of amides is 1. The van der Waals surface area contributed by atoms with Crippen LogP contribution in [-0.2, 0) is 16.0 Å². The number of aromatic nitrogens is 1. The predicted molar refractivity (Wildman–Crippen MR) is 99.7 cm³/mol. The van der Waals surface area contributed by atoms with Gasteiger partial charge in [0.1, 0.15) is 12.4 Å². The largest absolute Gasteiger partial charge is 0.487 e. The molecule has 2 aromatic rings. The second-order valence-electron chi connectivity index (χ2n) is 6.30. The van der Waals surface area contributed by atoms with Gasteiger partial charge in [0.15, 0.2) is 17.5 Å². The normalized spacial score (nSPS) is 15.8. The zero-order valence-electron chi connectivity index (χ0n) is 15.0. The number of rotatable bonds is 8. The van der Waals surface area contributed by atoms with E-state index in [1.807, 2.05) is 0 Å². The quantitative estimate of drug-likeness (QED) is 0.321. The van der Waals surface area contributed by atoms with Crippen molar-refractivity contribution in [3.8, 4) is 5.75 Å². The van der Waals surface area contributed by atoms with Crippen molar-refractivity contribution >= 4 is 29.6 Å². The summed E-state index contributed by atoms with van der Waals surface area (Å²) in [6.45, 7) is 0.0610. The van der Waals surface area contributed by atoms with Gasteiger partial charge in [-0.1, -0.05) is 0 Å². The van der Waals surface area contributed by atoms with Gasteiger partial charge in [-0.25, -0.2) is 9.59 Å². The van der Waals surface area contributed by atoms with Gasteiger partial charge in [0, 0.05) is 23.0 Å². The Morgan fingerprint density at radius 2 is 2.00 bits per heavy atom. The highest BCUT2D eigenvalue weighted by Gasteiger charge is 2.33. The van der Waals surface area contributed by atoms with E-state index in [-0.39, 0.29) is 42.5 Å². The van der Waals surface area contributed by atoms with Gasteiger partial charge in [0.25, 0.3) is 0 Å². The van der Waals surface area contributed by atoms with Crippen LogP contribution in [0.25, 0.3) is 0 Å². The summed E-state index contributed by atoms with van der Waals surface area (Å²) < 4.78 is 10.7. The molecule has 0 radical (unpaired) electrons. The predicted octanol–water partition coefficient (Wildman–Crippen LogP) is 1.03. The Hall–Kier alpha value is -4.02. The van der Waals surface area contributed by atoms with Crippen molar-refractivity contribution in [2.24, 2.45) is 5.73 Å². The number of nitrogens with two attached hydrogens (primary N) is 1. The molecule has 2 heterocycles. The number of aliphatic carboxylic acids is 1. The van der Waals surface area contributed by atoms with Crippen LogP contribution in [0.2, 0.25) is 0 Å². The van der Waals surface area contributed by atoms with Crippen molar-refractivity contribution in [2.45, 2.75) is 12.5 Å². The number of aromatic amines is 1. The van der Waals surface area contributed by atoms with E-state index in [9.17, 15) is 19.5 Å². The Bertz CT molecular complexity index is 967. The van der Waals surface area contributed by atoms with Gasteiger partial charge >= 0.3 is 18.0 Å². The maximum Gasteiger partial charge on any atom is 0.414 e. The molecular formula is C18H18N4O7. The van der Waals surface area contributed by atoms with E-state index in [0.29, 0.717) is 11.3 Å². The lowest BCUT2D eigenvalue weighted by molar-refractivity contribution is -0.136. The number of benzene rings is 1. The average Bonchev–Trinajstić information content (AvgIpc) is 3.22. The SMILES string of the molecule is N=C(N)c1ccc(N2CC(COc3cc(CC(=O)O)[nH]c3C(=O)O)OC2=O)cc1. The number of hydrogen-bond donors (Lipinski definition) is 5. The molecule has 0 saturated carbocycles. The van der Waals surface area contributed by atoms with E-state index in [4.69, 9.17) is 25.7 Å². The molecule has 1 atom stereocenters. The average molecular weight is 402 g/mol. The van der Waals surface area contributed by atoms with Gasteiger partial charge in [-0.15, -0.1) is 0 Å². The molecule has 152 valence electrons. The number of carboxylic acid groups (broad SMARTS) is 2. The van der Waals surface area contributed by atoms with Crippen LogP contribution in [0.4, 0.5) is 10.5 Å². The number of cyclic esters (lactones) is 1. The van der Waals surface area contributed by atoms with Crippen LogP contribution in [0.1, 0.15) is 21.7 Å². The Balaban J connectivity index is 1.66. The number of carbonyl (C=O) groups excluding carboxylic acids is 1. The molecule has 1 amide bonds. The van der Waals surface area contributed by atoms with E-state index in [1.165, 1.54) is 11.0 Å². The van der Waals surface area contributed by atoms with Crippen LogP contribution in [0.3, 0.4) is 0 Å². The second kappa shape index (κ2) is 7.92. The molecule has 1 aromatic heterocycles. The van der Waals surface area contributed by atoms with Crippen LogP contribution in [0.5, 0.6) is 5.75 Å². The van der Waals surface area contributed by atoms with E-state index in [0.717, 1.165) is 0 Å². The molecule has 1 fully saturated rings. The van der Waals surface area contributed by atoms with Crippen molar-refractivity contribution < 1.29 is 34.1 Å². The maximum atomic E-state index is 12.1. The van der Waals surface area contributed by atoms with Gasteiger partial charge in [-0.2, -0.15) is 0 Å². The van der Waals surface area contributed by atoms with Gasteiger partial charge in [-0.3, -0.25) is 15.1 Å². The summed E-state index contributed by atoms with van der Waals surface area (Å²) in [7, 11) is 0. The number of aromatic carboxylic acids is 1. The number of carbonyl (C=O) groups is 3. The van der Waals surface area contributed by atoms with Crippen molar-refractivity contribution in [1.29, 1.82) is 5.41 Å². The molecule has 1 unspecified atom stereocenters. The first kappa shape index (κ1) is 19.7. The minimum atomic E-state index is -1.30. The van der Waals surface area contributed by atoms with Gasteiger partial charge in [0.05, 0.1) is 13.0 Å². The minimum absolute atomic E-state index is 0.0333. The summed E-state index contributed by atoms with van der Waals surface area (Å²) in [5.74, 6) is -2.54. The summed E-state index contributed by atoms with van der Waals surface area (Å²) in [4.78, 5) is 38.1. The molecule has 29 heavy (non-hydrogen) atoms. The Morgan fingerprint density at radius 3 is 2.59 bits per heavy atom. The highest BCUT2D eigenvalue weighted by atomic mass is 16.6. The molecule has 0 spiro atoms. The van der Waals surface area contributed by atoms with Crippen molar-refractivity contribution in [3.63, 3.8) is 0 Å². The number of nitrogen functional groups attached to an aromatic ring is 1. The van der Waals surface area contributed by atoms with Crippen molar-refractivity contribution in [1.82, 2.24) is 4.98 Å². The van der Waals surface area contributed by atoms with Crippen molar-refractivity contribution in [2.75, 3.05) is 18.1 Å². The number of anilines is 1. The zero-order valence-corrected chi connectivity index (χ0v) is 15.0. The van der Waals surface area contributed by atoms with Crippen LogP contribution in [0.15, 0.2) is 30.3 Å². The Labute approximate surface area is 164 Å². The number of carboxylic acids is 2. The van der Waals surface area contributed by atoms with E-state index >= 15 is 0 Å². The topological polar surface area (TPSA) is 179 Å². The fourth-order valence-electron chi connectivity index (χ4n) is 2.84. The van der Waals surface area contributed by atoms with E-state index < -0.39 is 24.1 Å². The third-order valence-corrected chi connectivity index (χ3v) is 4.18. The van der Waals surface area contributed by atoms with Crippen LogP contribution < -0.4 is 15.4 Å². The summed E-state index contributed by atoms with van der Waals surface area (Å²) in [5.41, 5.74) is 6.39. The van der Waals surface area contributed by atoms with Crippen LogP contribution >= 0.6 is 0 Å². The number of nitrogens with one attached hydrogen (secondary N) is 2. The molecule has 0 aliphatic carbocycles. The number of amidine groups is 1. The van der Waals surface area contributed by atoms with Crippen LogP contribution in [-0.4, -0.2) is 58.3 Å². The monoisotopic (exact) mass is 402 g/mol. The molecule has 6 N–H and O–H groups in total. The minimum Gasteiger partial charge on any atom is -0.487 e. The number of nitrogens with zero attached hydrogens (tertiary/aromatic N) is 1. The molecule has 1 aliphatic heterocycles. The Kier molecular flexibility index (Phi) is 5.39. The first-order valence-corrected chi connectivity index (χ1v) is 8.47. The van der Waals surface area contributed by atoms with E-state index in [1.54, 1.807) is 24.3 Å². The third kappa shape index (κ3) is 4.46. The number of H-pyrrole nitrogens is 1. The maximum absolute atomic E-state index is 12.1. The summed E-state index contributed by atoms with van der Waals surface area (Å²) in [6, 6.07) is 7.78. The highest BCUT2D eigenvalue weighted by Crippen LogP contribution is 2.25. The smallest absolute Gasteiger partial charge is 0.414 e. The molecule has 1 aliphatic rings. The fraction of sp³-hybridized carbons (Fsp3) is 0.222. The fourth-order valence-corrected chi connectivity index (χ4v) is 2.84. The lowest BCUT2D eigenvalue weighted by Crippen LogP contribution is -2.26. The molecule has 11 heteroatoms. The molecular weight excluding hydrogens is 384 g/mol. The van der Waals surface area contributed by atoms with Crippen molar-refractivity contribution in [3.05, 3.63) is 47.3 Å².